The average molecular weight is 243 g/mol. The van der Waals surface area contributed by atoms with Gasteiger partial charge in [-0.3, -0.25) is 4.79 Å². The number of amides is 1. The highest BCUT2D eigenvalue weighted by Gasteiger charge is 2.35. The Hall–Kier alpha value is -1.14. The van der Waals surface area contributed by atoms with Crippen LogP contribution in [0, 0.1) is 5.92 Å². The van der Waals surface area contributed by atoms with E-state index < -0.39 is 12.0 Å². The Morgan fingerprint density at radius 1 is 1.35 bits per heavy atom. The van der Waals surface area contributed by atoms with Crippen LogP contribution < -0.4 is 0 Å². The fourth-order valence-corrected chi connectivity index (χ4v) is 2.25. The van der Waals surface area contributed by atoms with Crippen molar-refractivity contribution in [3.05, 3.63) is 0 Å². The average Bonchev–Trinajstić information content (AvgIpc) is 2.33. The third kappa shape index (κ3) is 2.95. The van der Waals surface area contributed by atoms with Gasteiger partial charge in [0.2, 0.25) is 5.91 Å². The van der Waals surface area contributed by atoms with E-state index in [1.54, 1.807) is 0 Å². The molecule has 2 saturated heterocycles. The van der Waals surface area contributed by atoms with Gasteiger partial charge in [0.05, 0.1) is 6.61 Å². The quantitative estimate of drug-likeness (QED) is 0.738. The number of hydrogen-bond acceptors (Lipinski definition) is 4. The van der Waals surface area contributed by atoms with Gasteiger partial charge >= 0.3 is 5.97 Å². The number of ether oxygens (including phenoxy) is 2. The van der Waals surface area contributed by atoms with Crippen LogP contribution in [-0.2, 0) is 19.1 Å². The number of nitrogens with zero attached hydrogens (tertiary/aromatic N) is 1. The molecule has 0 bridgehead atoms. The van der Waals surface area contributed by atoms with E-state index in [9.17, 15) is 9.59 Å². The van der Waals surface area contributed by atoms with E-state index in [1.165, 1.54) is 4.90 Å². The summed E-state index contributed by atoms with van der Waals surface area (Å²) in [5, 5.41) is 9.06. The van der Waals surface area contributed by atoms with Crippen molar-refractivity contribution in [1.82, 2.24) is 4.90 Å². The van der Waals surface area contributed by atoms with E-state index in [2.05, 4.69) is 0 Å². The van der Waals surface area contributed by atoms with Gasteiger partial charge in [-0.15, -0.1) is 0 Å². The summed E-state index contributed by atoms with van der Waals surface area (Å²) in [4.78, 5) is 24.2. The lowest BCUT2D eigenvalue weighted by molar-refractivity contribution is -0.163. The molecule has 2 heterocycles. The number of morpholine rings is 1. The highest BCUT2D eigenvalue weighted by molar-refractivity contribution is 5.85. The molecule has 0 saturated carbocycles. The largest absolute Gasteiger partial charge is 0.480 e. The molecule has 6 heteroatoms. The number of rotatable bonds is 3. The first-order valence-electron chi connectivity index (χ1n) is 5.86. The predicted molar refractivity (Wildman–Crippen MR) is 57.5 cm³/mol. The highest BCUT2D eigenvalue weighted by atomic mass is 16.5. The molecule has 6 nitrogen and oxygen atoms in total. The van der Waals surface area contributed by atoms with E-state index in [0.717, 1.165) is 12.8 Å². The first kappa shape index (κ1) is 12.3. The second-order valence-electron chi connectivity index (χ2n) is 4.47. The van der Waals surface area contributed by atoms with E-state index in [-0.39, 0.29) is 19.1 Å². The van der Waals surface area contributed by atoms with Crippen LogP contribution in [0.3, 0.4) is 0 Å². The molecule has 17 heavy (non-hydrogen) atoms. The third-order valence-electron chi connectivity index (χ3n) is 3.28. The van der Waals surface area contributed by atoms with E-state index >= 15 is 0 Å². The van der Waals surface area contributed by atoms with E-state index in [4.69, 9.17) is 14.6 Å². The third-order valence-corrected chi connectivity index (χ3v) is 3.28. The fourth-order valence-electron chi connectivity index (χ4n) is 2.25. The molecule has 0 aliphatic carbocycles. The minimum absolute atomic E-state index is 0.00694. The molecule has 0 aromatic carbocycles. The Morgan fingerprint density at radius 3 is 2.71 bits per heavy atom. The lowest BCUT2D eigenvalue weighted by Gasteiger charge is -2.36. The van der Waals surface area contributed by atoms with Gasteiger partial charge in [0.15, 0.2) is 6.04 Å². The first-order chi connectivity index (χ1) is 8.18. The van der Waals surface area contributed by atoms with Crippen molar-refractivity contribution < 1.29 is 24.2 Å². The zero-order valence-corrected chi connectivity index (χ0v) is 9.63. The summed E-state index contributed by atoms with van der Waals surface area (Å²) in [6.07, 6.45) is 1.77. The predicted octanol–water partition coefficient (Wildman–Crippen LogP) is -0.275. The Labute approximate surface area is 99.5 Å². The summed E-state index contributed by atoms with van der Waals surface area (Å²) >= 11 is 0. The summed E-state index contributed by atoms with van der Waals surface area (Å²) < 4.78 is 10.2. The molecule has 2 fully saturated rings. The molecule has 1 amide bonds. The van der Waals surface area contributed by atoms with Gasteiger partial charge < -0.3 is 19.5 Å². The number of hydrogen-bond donors (Lipinski definition) is 1. The van der Waals surface area contributed by atoms with E-state index in [0.29, 0.717) is 25.7 Å². The molecule has 96 valence electrons. The summed E-state index contributed by atoms with van der Waals surface area (Å²) in [7, 11) is 0. The van der Waals surface area contributed by atoms with Crippen LogP contribution in [0.2, 0.25) is 0 Å². The molecule has 0 radical (unpaired) electrons. The monoisotopic (exact) mass is 243 g/mol. The second kappa shape index (κ2) is 5.46. The topological polar surface area (TPSA) is 76.1 Å². The molecule has 1 unspecified atom stereocenters. The van der Waals surface area contributed by atoms with Crippen molar-refractivity contribution in [2.45, 2.75) is 18.9 Å². The molecule has 2 aliphatic heterocycles. The van der Waals surface area contributed by atoms with Crippen LogP contribution in [0.5, 0.6) is 0 Å². The van der Waals surface area contributed by atoms with Gasteiger partial charge in [0, 0.05) is 19.8 Å². The number of carbonyl (C=O) groups is 2. The van der Waals surface area contributed by atoms with Crippen molar-refractivity contribution in [3.63, 3.8) is 0 Å². The van der Waals surface area contributed by atoms with E-state index in [1.807, 2.05) is 0 Å². The number of carbonyl (C=O) groups excluding carboxylic acids is 1. The molecule has 1 atom stereocenters. The molecule has 1 N–H and O–H groups in total. The van der Waals surface area contributed by atoms with Gasteiger partial charge in [-0.2, -0.15) is 0 Å². The zero-order valence-electron chi connectivity index (χ0n) is 9.63. The SMILES string of the molecule is O=C(O)C1COCC(=O)N1CC1CCOCC1. The minimum atomic E-state index is -0.995. The number of carboxylic acid groups (broad SMARTS) is 1. The Bertz CT molecular complexity index is 300. The summed E-state index contributed by atoms with van der Waals surface area (Å²) in [5.74, 6) is -0.882. The Balaban J connectivity index is 1.98. The van der Waals surface area contributed by atoms with Gasteiger partial charge in [-0.25, -0.2) is 4.79 Å². The standard InChI is InChI=1S/C11H17NO5/c13-10-7-17-6-9(11(14)15)12(10)5-8-1-3-16-4-2-8/h8-9H,1-7H2,(H,14,15). The summed E-state index contributed by atoms with van der Waals surface area (Å²) in [6.45, 7) is 1.97. The molecule has 0 spiro atoms. The Morgan fingerprint density at radius 2 is 2.06 bits per heavy atom. The normalized spacial score (nSPS) is 27.2. The maximum absolute atomic E-state index is 11.7. The van der Waals surface area contributed by atoms with Crippen LogP contribution in [0.15, 0.2) is 0 Å². The van der Waals surface area contributed by atoms with Crippen molar-refractivity contribution >= 4 is 11.9 Å². The van der Waals surface area contributed by atoms with Crippen LogP contribution in [-0.4, -0.2) is 60.9 Å². The Kier molecular flexibility index (Phi) is 3.96. The minimum Gasteiger partial charge on any atom is -0.480 e. The molecule has 2 rings (SSSR count). The zero-order chi connectivity index (χ0) is 12.3. The van der Waals surface area contributed by atoms with Gasteiger partial charge in [0.25, 0.3) is 0 Å². The van der Waals surface area contributed by atoms with Crippen LogP contribution in [0.1, 0.15) is 12.8 Å². The molecule has 0 aromatic rings. The second-order valence-corrected chi connectivity index (χ2v) is 4.47. The maximum atomic E-state index is 11.7. The number of aliphatic carboxylic acids is 1. The highest BCUT2D eigenvalue weighted by Crippen LogP contribution is 2.19. The van der Waals surface area contributed by atoms with Crippen molar-refractivity contribution in [2.75, 3.05) is 33.0 Å². The van der Waals surface area contributed by atoms with Crippen LogP contribution >= 0.6 is 0 Å². The lowest BCUT2D eigenvalue weighted by Crippen LogP contribution is -2.54. The van der Waals surface area contributed by atoms with Crippen LogP contribution in [0.4, 0.5) is 0 Å². The maximum Gasteiger partial charge on any atom is 0.328 e. The number of carboxylic acids is 1. The van der Waals surface area contributed by atoms with Gasteiger partial charge in [-0.05, 0) is 18.8 Å². The molecular formula is C11H17NO5. The lowest BCUT2D eigenvalue weighted by atomic mass is 9.98. The molecular weight excluding hydrogens is 226 g/mol. The fraction of sp³-hybridized carbons (Fsp3) is 0.818. The van der Waals surface area contributed by atoms with Gasteiger partial charge in [0.1, 0.15) is 6.61 Å². The summed E-state index contributed by atoms with van der Waals surface area (Å²) in [5.41, 5.74) is 0. The van der Waals surface area contributed by atoms with Crippen LogP contribution in [0.25, 0.3) is 0 Å². The summed E-state index contributed by atoms with van der Waals surface area (Å²) in [6, 6.07) is -0.834. The molecule has 2 aliphatic rings. The van der Waals surface area contributed by atoms with Crippen molar-refractivity contribution in [1.29, 1.82) is 0 Å². The van der Waals surface area contributed by atoms with Crippen molar-refractivity contribution in [2.24, 2.45) is 5.92 Å². The van der Waals surface area contributed by atoms with Gasteiger partial charge in [-0.1, -0.05) is 0 Å². The van der Waals surface area contributed by atoms with Crippen molar-refractivity contribution in [3.8, 4) is 0 Å². The smallest absolute Gasteiger partial charge is 0.328 e. The molecule has 0 aromatic heterocycles. The first-order valence-corrected chi connectivity index (χ1v) is 5.86.